The molecular formula is C12H9F3N2S. The van der Waals surface area contributed by atoms with Gasteiger partial charge >= 0.3 is 6.18 Å². The molecule has 2 N–H and O–H groups in total. The van der Waals surface area contributed by atoms with Crippen LogP contribution in [0, 0.1) is 0 Å². The number of aromatic nitrogens is 1. The molecule has 0 saturated heterocycles. The predicted octanol–water partition coefficient (Wildman–Crippen LogP) is 3.83. The highest BCUT2D eigenvalue weighted by atomic mass is 32.2. The third-order valence-corrected chi connectivity index (χ3v) is 3.28. The molecule has 0 aliphatic heterocycles. The van der Waals surface area contributed by atoms with Gasteiger partial charge in [0, 0.05) is 16.0 Å². The smallest absolute Gasteiger partial charge is 0.397 e. The van der Waals surface area contributed by atoms with Crippen LogP contribution in [0.15, 0.2) is 52.5 Å². The van der Waals surface area contributed by atoms with Crippen LogP contribution in [-0.4, -0.2) is 4.98 Å². The van der Waals surface area contributed by atoms with Crippen LogP contribution in [0.3, 0.4) is 0 Å². The van der Waals surface area contributed by atoms with Gasteiger partial charge in [-0.1, -0.05) is 17.8 Å². The zero-order valence-corrected chi connectivity index (χ0v) is 9.92. The Morgan fingerprint density at radius 2 is 1.94 bits per heavy atom. The van der Waals surface area contributed by atoms with E-state index < -0.39 is 11.7 Å². The topological polar surface area (TPSA) is 38.9 Å². The molecule has 2 nitrogen and oxygen atoms in total. The Bertz CT molecular complexity index is 555. The van der Waals surface area contributed by atoms with Crippen LogP contribution in [0.25, 0.3) is 0 Å². The zero-order chi connectivity index (χ0) is 13.2. The van der Waals surface area contributed by atoms with Crippen molar-refractivity contribution < 1.29 is 13.2 Å². The summed E-state index contributed by atoms with van der Waals surface area (Å²) in [5.41, 5.74) is 5.46. The summed E-state index contributed by atoms with van der Waals surface area (Å²) in [6, 6.07) is 6.80. The van der Waals surface area contributed by atoms with Gasteiger partial charge in [0.25, 0.3) is 0 Å². The van der Waals surface area contributed by atoms with Crippen molar-refractivity contribution in [3.8, 4) is 0 Å². The van der Waals surface area contributed by atoms with Gasteiger partial charge in [-0.25, -0.2) is 0 Å². The van der Waals surface area contributed by atoms with Crippen LogP contribution in [0.5, 0.6) is 0 Å². The van der Waals surface area contributed by atoms with Crippen LogP contribution in [-0.2, 0) is 6.18 Å². The van der Waals surface area contributed by atoms with Gasteiger partial charge in [0.2, 0.25) is 0 Å². The number of pyridine rings is 1. The number of hydrogen-bond donors (Lipinski definition) is 1. The fourth-order valence-electron chi connectivity index (χ4n) is 1.35. The summed E-state index contributed by atoms with van der Waals surface area (Å²) in [4.78, 5) is 5.00. The summed E-state index contributed by atoms with van der Waals surface area (Å²) in [5.74, 6) is 0. The molecule has 0 fully saturated rings. The van der Waals surface area contributed by atoms with Crippen molar-refractivity contribution in [2.45, 2.75) is 16.0 Å². The number of benzene rings is 1. The molecule has 0 spiro atoms. The first kappa shape index (κ1) is 12.8. The van der Waals surface area contributed by atoms with Crippen molar-refractivity contribution in [3.63, 3.8) is 0 Å². The molecule has 18 heavy (non-hydrogen) atoms. The van der Waals surface area contributed by atoms with E-state index in [-0.39, 0.29) is 0 Å². The standard InChI is InChI=1S/C12H9F3N2S/c13-12(14,15)8-2-1-3-9(6-8)18-11-4-5-17-7-10(11)16/h1-7H,16H2. The molecule has 2 rings (SSSR count). The molecule has 0 atom stereocenters. The van der Waals surface area contributed by atoms with Gasteiger partial charge in [0.15, 0.2) is 0 Å². The van der Waals surface area contributed by atoms with E-state index in [9.17, 15) is 13.2 Å². The quantitative estimate of drug-likeness (QED) is 0.901. The van der Waals surface area contributed by atoms with Gasteiger partial charge < -0.3 is 5.73 Å². The number of nitrogen functional groups attached to an aromatic ring is 1. The van der Waals surface area contributed by atoms with E-state index >= 15 is 0 Å². The highest BCUT2D eigenvalue weighted by molar-refractivity contribution is 7.99. The van der Waals surface area contributed by atoms with E-state index in [1.165, 1.54) is 24.0 Å². The summed E-state index contributed by atoms with van der Waals surface area (Å²) in [5, 5.41) is 0. The lowest BCUT2D eigenvalue weighted by atomic mass is 10.2. The first-order valence-corrected chi connectivity index (χ1v) is 5.83. The number of nitrogens with two attached hydrogens (primary N) is 1. The summed E-state index contributed by atoms with van der Waals surface area (Å²) in [7, 11) is 0. The van der Waals surface area contributed by atoms with Gasteiger partial charge in [-0.15, -0.1) is 0 Å². The maximum Gasteiger partial charge on any atom is 0.416 e. The third-order valence-electron chi connectivity index (χ3n) is 2.20. The fraction of sp³-hybridized carbons (Fsp3) is 0.0833. The van der Waals surface area contributed by atoms with E-state index in [1.54, 1.807) is 18.3 Å². The maximum absolute atomic E-state index is 12.5. The van der Waals surface area contributed by atoms with Crippen molar-refractivity contribution in [2.24, 2.45) is 0 Å². The number of nitrogens with zero attached hydrogens (tertiary/aromatic N) is 1. The Morgan fingerprint density at radius 1 is 1.17 bits per heavy atom. The summed E-state index contributed by atoms with van der Waals surface area (Å²) in [6.45, 7) is 0. The maximum atomic E-state index is 12.5. The second-order valence-corrected chi connectivity index (χ2v) is 4.66. The molecule has 0 bridgehead atoms. The molecule has 94 valence electrons. The molecule has 0 amide bonds. The second kappa shape index (κ2) is 4.89. The highest BCUT2D eigenvalue weighted by Crippen LogP contribution is 2.35. The third kappa shape index (κ3) is 2.95. The van der Waals surface area contributed by atoms with E-state index in [0.29, 0.717) is 15.5 Å². The monoisotopic (exact) mass is 270 g/mol. The average Bonchev–Trinajstić information content (AvgIpc) is 2.31. The molecule has 2 aromatic rings. The number of alkyl halides is 3. The van der Waals surface area contributed by atoms with E-state index in [0.717, 1.165) is 12.1 Å². The summed E-state index contributed by atoms with van der Waals surface area (Å²) >= 11 is 1.18. The van der Waals surface area contributed by atoms with E-state index in [4.69, 9.17) is 5.73 Å². The lowest BCUT2D eigenvalue weighted by molar-refractivity contribution is -0.137. The number of anilines is 1. The first-order valence-electron chi connectivity index (χ1n) is 5.01. The average molecular weight is 270 g/mol. The first-order chi connectivity index (χ1) is 8.47. The molecule has 1 heterocycles. The van der Waals surface area contributed by atoms with Crippen molar-refractivity contribution in [2.75, 3.05) is 5.73 Å². The van der Waals surface area contributed by atoms with E-state index in [1.807, 2.05) is 0 Å². The van der Waals surface area contributed by atoms with Crippen molar-refractivity contribution in [3.05, 3.63) is 48.3 Å². The van der Waals surface area contributed by atoms with Crippen molar-refractivity contribution in [1.29, 1.82) is 0 Å². The summed E-state index contributed by atoms with van der Waals surface area (Å²) < 4.78 is 37.6. The number of rotatable bonds is 2. The molecular weight excluding hydrogens is 261 g/mol. The molecule has 0 aliphatic rings. The van der Waals surface area contributed by atoms with Crippen molar-refractivity contribution >= 4 is 17.4 Å². The molecule has 0 saturated carbocycles. The van der Waals surface area contributed by atoms with Crippen molar-refractivity contribution in [1.82, 2.24) is 4.98 Å². The molecule has 6 heteroatoms. The van der Waals surface area contributed by atoms with Crippen LogP contribution in [0.4, 0.5) is 18.9 Å². The summed E-state index contributed by atoms with van der Waals surface area (Å²) in [6.07, 6.45) is -1.32. The van der Waals surface area contributed by atoms with Crippen LogP contribution < -0.4 is 5.73 Å². The molecule has 0 aliphatic carbocycles. The fourth-order valence-corrected chi connectivity index (χ4v) is 2.24. The van der Waals surface area contributed by atoms with Crippen LogP contribution >= 0.6 is 11.8 Å². The Hall–Kier alpha value is -1.69. The Kier molecular flexibility index (Phi) is 3.47. The molecule has 1 aromatic heterocycles. The number of halogens is 3. The van der Waals surface area contributed by atoms with Gasteiger partial charge in [-0.2, -0.15) is 13.2 Å². The zero-order valence-electron chi connectivity index (χ0n) is 9.11. The van der Waals surface area contributed by atoms with E-state index in [2.05, 4.69) is 4.98 Å². The predicted molar refractivity (Wildman–Crippen MR) is 64.2 cm³/mol. The van der Waals surface area contributed by atoms with Gasteiger partial charge in [0.1, 0.15) is 0 Å². The van der Waals surface area contributed by atoms with Crippen LogP contribution in [0.2, 0.25) is 0 Å². The Balaban J connectivity index is 2.28. The molecule has 1 aromatic carbocycles. The molecule has 0 unspecified atom stereocenters. The van der Waals surface area contributed by atoms with Crippen LogP contribution in [0.1, 0.15) is 5.56 Å². The molecule has 0 radical (unpaired) electrons. The highest BCUT2D eigenvalue weighted by Gasteiger charge is 2.30. The largest absolute Gasteiger partial charge is 0.416 e. The van der Waals surface area contributed by atoms with Gasteiger partial charge in [-0.3, -0.25) is 4.98 Å². The van der Waals surface area contributed by atoms with Gasteiger partial charge in [-0.05, 0) is 24.3 Å². The second-order valence-electron chi connectivity index (χ2n) is 3.54. The lowest BCUT2D eigenvalue weighted by Crippen LogP contribution is -2.04. The normalized spacial score (nSPS) is 11.5. The Labute approximate surface area is 106 Å². The minimum Gasteiger partial charge on any atom is -0.397 e. The Morgan fingerprint density at radius 3 is 2.61 bits per heavy atom. The van der Waals surface area contributed by atoms with Gasteiger partial charge in [0.05, 0.1) is 17.4 Å². The minimum absolute atomic E-state index is 0.444. The lowest BCUT2D eigenvalue weighted by Gasteiger charge is -2.09. The number of hydrogen-bond acceptors (Lipinski definition) is 3. The minimum atomic E-state index is -4.33. The SMILES string of the molecule is Nc1cnccc1Sc1cccc(C(F)(F)F)c1.